The summed E-state index contributed by atoms with van der Waals surface area (Å²) >= 11 is 0. The van der Waals surface area contributed by atoms with Crippen molar-refractivity contribution < 1.29 is 14.5 Å². The standard InChI is InChI=1S/C13H18N4O4/c1-8(11-6-3-7-21-11)15-13(18)9-4-2-5-10(17(19)20)12(9)16-14/h2,4-5,8,11,16H,3,6-7,14H2,1H3,(H,15,18). The molecule has 8 nitrogen and oxygen atoms in total. The minimum absolute atomic E-state index is 0.000426. The number of carbonyl (C=O) groups is 1. The average molecular weight is 294 g/mol. The molecule has 1 aromatic rings. The fraction of sp³-hybridized carbons (Fsp3) is 0.462. The Morgan fingerprint density at radius 3 is 2.90 bits per heavy atom. The van der Waals surface area contributed by atoms with Crippen LogP contribution in [0.1, 0.15) is 30.1 Å². The highest BCUT2D eigenvalue weighted by molar-refractivity contribution is 6.01. The van der Waals surface area contributed by atoms with Crippen LogP contribution in [0.3, 0.4) is 0 Å². The maximum Gasteiger partial charge on any atom is 0.294 e. The number of ether oxygens (including phenoxy) is 1. The topological polar surface area (TPSA) is 120 Å². The number of para-hydroxylation sites is 1. The summed E-state index contributed by atoms with van der Waals surface area (Å²) in [6.45, 7) is 2.54. The Morgan fingerprint density at radius 2 is 2.33 bits per heavy atom. The summed E-state index contributed by atoms with van der Waals surface area (Å²) in [4.78, 5) is 22.6. The maximum atomic E-state index is 12.3. The second-order valence-electron chi connectivity index (χ2n) is 4.91. The number of benzene rings is 1. The molecule has 2 atom stereocenters. The van der Waals surface area contributed by atoms with E-state index < -0.39 is 10.8 Å². The monoisotopic (exact) mass is 294 g/mol. The molecule has 2 rings (SSSR count). The highest BCUT2D eigenvalue weighted by Gasteiger charge is 2.26. The second kappa shape index (κ2) is 6.51. The normalized spacial score (nSPS) is 19.0. The van der Waals surface area contributed by atoms with E-state index in [-0.39, 0.29) is 29.1 Å². The van der Waals surface area contributed by atoms with E-state index in [4.69, 9.17) is 10.6 Å². The third-order valence-corrected chi connectivity index (χ3v) is 3.51. The summed E-state index contributed by atoms with van der Waals surface area (Å²) < 4.78 is 5.51. The molecule has 0 aromatic heterocycles. The lowest BCUT2D eigenvalue weighted by Gasteiger charge is -2.20. The molecule has 0 aliphatic carbocycles. The van der Waals surface area contributed by atoms with E-state index in [0.717, 1.165) is 12.8 Å². The molecule has 2 unspecified atom stereocenters. The number of nitrogen functional groups attached to an aromatic ring is 1. The molecule has 1 saturated heterocycles. The summed E-state index contributed by atoms with van der Waals surface area (Å²) in [5.74, 6) is 4.90. The lowest BCUT2D eigenvalue weighted by atomic mass is 10.1. The molecule has 1 heterocycles. The van der Waals surface area contributed by atoms with Gasteiger partial charge < -0.3 is 15.5 Å². The van der Waals surface area contributed by atoms with Gasteiger partial charge in [-0.05, 0) is 25.8 Å². The van der Waals surface area contributed by atoms with Gasteiger partial charge in [0.25, 0.3) is 11.6 Å². The Balaban J connectivity index is 2.18. The zero-order valence-corrected chi connectivity index (χ0v) is 11.7. The van der Waals surface area contributed by atoms with E-state index in [0.29, 0.717) is 6.61 Å². The van der Waals surface area contributed by atoms with E-state index in [9.17, 15) is 14.9 Å². The molecule has 0 spiro atoms. The maximum absolute atomic E-state index is 12.3. The molecule has 1 aliphatic heterocycles. The minimum Gasteiger partial charge on any atom is -0.376 e. The number of nitrogens with two attached hydrogens (primary N) is 1. The summed E-state index contributed by atoms with van der Waals surface area (Å²) in [5.41, 5.74) is 2.13. The van der Waals surface area contributed by atoms with Crippen LogP contribution in [-0.4, -0.2) is 29.6 Å². The molecule has 0 saturated carbocycles. The highest BCUT2D eigenvalue weighted by Crippen LogP contribution is 2.27. The minimum atomic E-state index is -0.588. The van der Waals surface area contributed by atoms with Gasteiger partial charge in [0, 0.05) is 12.7 Å². The van der Waals surface area contributed by atoms with Crippen molar-refractivity contribution in [3.05, 3.63) is 33.9 Å². The predicted molar refractivity (Wildman–Crippen MR) is 76.8 cm³/mol. The highest BCUT2D eigenvalue weighted by atomic mass is 16.6. The van der Waals surface area contributed by atoms with Crippen LogP contribution in [0.2, 0.25) is 0 Å². The Kier molecular flexibility index (Phi) is 4.71. The van der Waals surface area contributed by atoms with Gasteiger partial charge in [-0.3, -0.25) is 20.8 Å². The number of carbonyl (C=O) groups excluding carboxylic acids is 1. The number of nitrogens with zero attached hydrogens (tertiary/aromatic N) is 1. The molecule has 1 amide bonds. The Hall–Kier alpha value is -2.19. The van der Waals surface area contributed by atoms with Gasteiger partial charge in [0.1, 0.15) is 5.69 Å². The summed E-state index contributed by atoms with van der Waals surface area (Å²) in [6, 6.07) is 4.05. The molecule has 1 aromatic carbocycles. The van der Waals surface area contributed by atoms with Crippen molar-refractivity contribution in [1.82, 2.24) is 5.32 Å². The van der Waals surface area contributed by atoms with Crippen LogP contribution in [0.4, 0.5) is 11.4 Å². The van der Waals surface area contributed by atoms with Crippen LogP contribution in [0.15, 0.2) is 18.2 Å². The van der Waals surface area contributed by atoms with Gasteiger partial charge in [-0.25, -0.2) is 0 Å². The summed E-state index contributed by atoms with van der Waals surface area (Å²) in [7, 11) is 0. The quantitative estimate of drug-likeness (QED) is 0.426. The first-order chi connectivity index (χ1) is 10.0. The predicted octanol–water partition coefficient (Wildman–Crippen LogP) is 1.18. The average Bonchev–Trinajstić information content (AvgIpc) is 3.00. The van der Waals surface area contributed by atoms with Crippen LogP contribution >= 0.6 is 0 Å². The molecule has 8 heteroatoms. The smallest absolute Gasteiger partial charge is 0.294 e. The summed E-state index contributed by atoms with van der Waals surface area (Å²) in [5, 5.41) is 13.7. The van der Waals surface area contributed by atoms with E-state index in [2.05, 4.69) is 10.7 Å². The number of hydrogen-bond acceptors (Lipinski definition) is 6. The van der Waals surface area contributed by atoms with Crippen LogP contribution in [0, 0.1) is 10.1 Å². The van der Waals surface area contributed by atoms with Crippen LogP contribution < -0.4 is 16.6 Å². The number of nitro benzene ring substituents is 1. The van der Waals surface area contributed by atoms with Crippen LogP contribution in [0.25, 0.3) is 0 Å². The zero-order chi connectivity index (χ0) is 15.4. The third kappa shape index (κ3) is 3.29. The number of hydrogen-bond donors (Lipinski definition) is 3. The first kappa shape index (κ1) is 15.2. The van der Waals surface area contributed by atoms with Gasteiger partial charge in [-0.15, -0.1) is 0 Å². The van der Waals surface area contributed by atoms with E-state index in [1.807, 2.05) is 6.92 Å². The third-order valence-electron chi connectivity index (χ3n) is 3.51. The molecule has 4 N–H and O–H groups in total. The molecule has 114 valence electrons. The van der Waals surface area contributed by atoms with E-state index >= 15 is 0 Å². The van der Waals surface area contributed by atoms with Gasteiger partial charge in [-0.1, -0.05) is 6.07 Å². The number of nitro groups is 1. The lowest BCUT2D eigenvalue weighted by Crippen LogP contribution is -2.41. The first-order valence-corrected chi connectivity index (χ1v) is 6.71. The molecule has 1 fully saturated rings. The summed E-state index contributed by atoms with van der Waals surface area (Å²) in [6.07, 6.45) is 1.83. The number of hydrazine groups is 1. The Labute approximate surface area is 121 Å². The van der Waals surface area contributed by atoms with E-state index in [1.54, 1.807) is 0 Å². The SMILES string of the molecule is CC(NC(=O)c1cccc([N+](=O)[O-])c1NN)C1CCCO1. The van der Waals surface area contributed by atoms with E-state index in [1.165, 1.54) is 18.2 Å². The van der Waals surface area contributed by atoms with Gasteiger partial charge in [0.2, 0.25) is 0 Å². The number of amides is 1. The van der Waals surface area contributed by atoms with Gasteiger partial charge >= 0.3 is 0 Å². The molecule has 1 aliphatic rings. The lowest BCUT2D eigenvalue weighted by molar-refractivity contribution is -0.384. The number of anilines is 1. The molecule has 0 radical (unpaired) electrons. The van der Waals surface area contributed by atoms with Crippen molar-refractivity contribution in [3.63, 3.8) is 0 Å². The fourth-order valence-corrected chi connectivity index (χ4v) is 2.41. The fourth-order valence-electron chi connectivity index (χ4n) is 2.41. The Bertz CT molecular complexity index is 543. The van der Waals surface area contributed by atoms with Crippen molar-refractivity contribution in [2.75, 3.05) is 12.0 Å². The van der Waals surface area contributed by atoms with Crippen molar-refractivity contribution in [1.29, 1.82) is 0 Å². The van der Waals surface area contributed by atoms with Gasteiger partial charge in [0.05, 0.1) is 22.6 Å². The van der Waals surface area contributed by atoms with Crippen molar-refractivity contribution in [2.45, 2.75) is 31.9 Å². The molecular weight excluding hydrogens is 276 g/mol. The van der Waals surface area contributed by atoms with Crippen molar-refractivity contribution in [2.24, 2.45) is 5.84 Å². The molecular formula is C13H18N4O4. The van der Waals surface area contributed by atoms with Crippen LogP contribution in [0.5, 0.6) is 0 Å². The Morgan fingerprint density at radius 1 is 1.57 bits per heavy atom. The second-order valence-corrected chi connectivity index (χ2v) is 4.91. The number of nitrogens with one attached hydrogen (secondary N) is 2. The first-order valence-electron chi connectivity index (χ1n) is 6.71. The van der Waals surface area contributed by atoms with Crippen molar-refractivity contribution >= 4 is 17.3 Å². The zero-order valence-electron chi connectivity index (χ0n) is 11.7. The molecule has 21 heavy (non-hydrogen) atoms. The largest absolute Gasteiger partial charge is 0.376 e. The van der Waals surface area contributed by atoms with Crippen LogP contribution in [-0.2, 0) is 4.74 Å². The number of rotatable bonds is 5. The van der Waals surface area contributed by atoms with Gasteiger partial charge in [-0.2, -0.15) is 0 Å². The van der Waals surface area contributed by atoms with Crippen molar-refractivity contribution in [3.8, 4) is 0 Å². The van der Waals surface area contributed by atoms with Gasteiger partial charge in [0.15, 0.2) is 0 Å². The molecule has 0 bridgehead atoms.